The smallest absolute Gasteiger partial charge is 0.337 e. The highest BCUT2D eigenvalue weighted by molar-refractivity contribution is 6.32. The Morgan fingerprint density at radius 2 is 1.92 bits per heavy atom. The molecule has 0 amide bonds. The molecule has 5 nitrogen and oxygen atoms in total. The van der Waals surface area contributed by atoms with Crippen LogP contribution in [-0.4, -0.2) is 32.5 Å². The number of esters is 1. The first-order valence-electron chi connectivity index (χ1n) is 8.25. The van der Waals surface area contributed by atoms with E-state index in [-0.39, 0.29) is 12.1 Å². The molecule has 1 atom stereocenters. The van der Waals surface area contributed by atoms with Gasteiger partial charge in [0.25, 0.3) is 0 Å². The molecule has 0 aliphatic heterocycles. The van der Waals surface area contributed by atoms with Crippen molar-refractivity contribution in [1.82, 2.24) is 0 Å². The average Bonchev–Trinajstić information content (AvgIpc) is 2.67. The lowest BCUT2D eigenvalue weighted by Crippen LogP contribution is -2.11. The SMILES string of the molecule is CC[C@H](C)Oc1c(Cl)cc(C=Nc2ccc(C(=O)OC)cc2)cc1OC. The second-order valence-corrected chi connectivity index (χ2v) is 6.07. The third-order valence-corrected chi connectivity index (χ3v) is 4.08. The highest BCUT2D eigenvalue weighted by atomic mass is 35.5. The summed E-state index contributed by atoms with van der Waals surface area (Å²) in [6.45, 7) is 4.01. The van der Waals surface area contributed by atoms with Gasteiger partial charge in [-0.1, -0.05) is 18.5 Å². The van der Waals surface area contributed by atoms with Crippen LogP contribution in [0.3, 0.4) is 0 Å². The summed E-state index contributed by atoms with van der Waals surface area (Å²) in [5.74, 6) is 0.706. The summed E-state index contributed by atoms with van der Waals surface area (Å²) in [4.78, 5) is 15.8. The number of rotatable bonds is 7. The lowest BCUT2D eigenvalue weighted by atomic mass is 10.2. The Hall–Kier alpha value is -2.53. The molecular weight excluding hydrogens is 354 g/mol. The zero-order valence-corrected chi connectivity index (χ0v) is 16.0. The van der Waals surface area contributed by atoms with Gasteiger partial charge in [-0.25, -0.2) is 4.79 Å². The van der Waals surface area contributed by atoms with E-state index in [9.17, 15) is 4.79 Å². The standard InChI is InChI=1S/C20H22ClNO4/c1-5-13(2)26-19-17(21)10-14(11-18(19)24-3)12-22-16-8-6-15(7-9-16)20(23)25-4/h6-13H,5H2,1-4H3/t13-/m0/s1. The number of carbonyl (C=O) groups excluding carboxylic acids is 1. The van der Waals surface area contributed by atoms with Gasteiger partial charge in [-0.15, -0.1) is 0 Å². The molecule has 0 spiro atoms. The molecule has 0 fully saturated rings. The van der Waals surface area contributed by atoms with Gasteiger partial charge in [-0.05, 0) is 55.3 Å². The number of benzene rings is 2. The van der Waals surface area contributed by atoms with Crippen LogP contribution in [0.4, 0.5) is 5.69 Å². The van der Waals surface area contributed by atoms with Crippen molar-refractivity contribution in [3.8, 4) is 11.5 Å². The van der Waals surface area contributed by atoms with Gasteiger partial charge in [0.1, 0.15) is 0 Å². The molecule has 138 valence electrons. The van der Waals surface area contributed by atoms with Crippen molar-refractivity contribution < 1.29 is 19.0 Å². The third kappa shape index (κ3) is 4.99. The largest absolute Gasteiger partial charge is 0.493 e. The zero-order chi connectivity index (χ0) is 19.1. The van der Waals surface area contributed by atoms with E-state index in [1.807, 2.05) is 19.9 Å². The molecule has 0 heterocycles. The van der Waals surface area contributed by atoms with Crippen LogP contribution in [0.25, 0.3) is 0 Å². The van der Waals surface area contributed by atoms with E-state index in [1.54, 1.807) is 43.7 Å². The molecule has 26 heavy (non-hydrogen) atoms. The summed E-state index contributed by atoms with van der Waals surface area (Å²) >= 11 is 6.35. The van der Waals surface area contributed by atoms with E-state index >= 15 is 0 Å². The molecule has 0 unspecified atom stereocenters. The minimum absolute atomic E-state index is 0.0363. The fraction of sp³-hybridized carbons (Fsp3) is 0.300. The van der Waals surface area contributed by atoms with Gasteiger partial charge in [-0.2, -0.15) is 0 Å². The summed E-state index contributed by atoms with van der Waals surface area (Å²) in [6.07, 6.45) is 2.58. The number of hydrogen-bond acceptors (Lipinski definition) is 5. The normalized spacial score (nSPS) is 12.0. The quantitative estimate of drug-likeness (QED) is 0.501. The minimum Gasteiger partial charge on any atom is -0.493 e. The second-order valence-electron chi connectivity index (χ2n) is 5.67. The van der Waals surface area contributed by atoms with E-state index in [2.05, 4.69) is 9.73 Å². The average molecular weight is 376 g/mol. The first-order valence-corrected chi connectivity index (χ1v) is 8.62. The summed E-state index contributed by atoms with van der Waals surface area (Å²) in [6, 6.07) is 10.4. The molecule has 0 bridgehead atoms. The van der Waals surface area contributed by atoms with Crippen LogP contribution in [0.15, 0.2) is 41.4 Å². The van der Waals surface area contributed by atoms with Crippen LogP contribution < -0.4 is 9.47 Å². The molecular formula is C20H22ClNO4. The topological polar surface area (TPSA) is 57.1 Å². The van der Waals surface area contributed by atoms with Crippen molar-refractivity contribution in [3.05, 3.63) is 52.5 Å². The monoisotopic (exact) mass is 375 g/mol. The van der Waals surface area contributed by atoms with Crippen molar-refractivity contribution in [2.24, 2.45) is 4.99 Å². The highest BCUT2D eigenvalue weighted by Gasteiger charge is 2.14. The number of carbonyl (C=O) groups is 1. The van der Waals surface area contributed by atoms with Crippen LogP contribution in [-0.2, 0) is 4.74 Å². The number of nitrogens with zero attached hydrogens (tertiary/aromatic N) is 1. The molecule has 0 saturated heterocycles. The van der Waals surface area contributed by atoms with Crippen LogP contribution in [0.1, 0.15) is 36.2 Å². The van der Waals surface area contributed by atoms with Crippen molar-refractivity contribution in [3.63, 3.8) is 0 Å². The highest BCUT2D eigenvalue weighted by Crippen LogP contribution is 2.37. The number of hydrogen-bond donors (Lipinski definition) is 0. The number of halogens is 1. The summed E-state index contributed by atoms with van der Waals surface area (Å²) in [7, 11) is 2.92. The Bertz CT molecular complexity index is 787. The van der Waals surface area contributed by atoms with E-state index in [0.29, 0.717) is 27.8 Å². The maximum Gasteiger partial charge on any atom is 0.337 e. The second kappa shape index (κ2) is 9.25. The fourth-order valence-electron chi connectivity index (χ4n) is 2.16. The third-order valence-electron chi connectivity index (χ3n) is 3.80. The van der Waals surface area contributed by atoms with Gasteiger partial charge >= 0.3 is 5.97 Å². The van der Waals surface area contributed by atoms with Gasteiger partial charge in [-0.3, -0.25) is 4.99 Å². The first kappa shape index (κ1) is 19.8. The predicted molar refractivity (Wildman–Crippen MR) is 103 cm³/mol. The molecule has 0 aliphatic carbocycles. The summed E-state index contributed by atoms with van der Waals surface area (Å²) < 4.78 is 15.9. The van der Waals surface area contributed by atoms with Gasteiger partial charge in [0, 0.05) is 6.21 Å². The van der Waals surface area contributed by atoms with Gasteiger partial charge in [0.15, 0.2) is 11.5 Å². The van der Waals surface area contributed by atoms with Crippen molar-refractivity contribution in [2.45, 2.75) is 26.4 Å². The lowest BCUT2D eigenvalue weighted by Gasteiger charge is -2.17. The van der Waals surface area contributed by atoms with E-state index in [0.717, 1.165) is 12.0 Å². The Labute approximate surface area is 158 Å². The van der Waals surface area contributed by atoms with Crippen LogP contribution in [0.5, 0.6) is 11.5 Å². The Kier molecular flexibility index (Phi) is 7.04. The molecule has 2 rings (SSSR count). The maximum atomic E-state index is 11.4. The zero-order valence-electron chi connectivity index (χ0n) is 15.3. The number of methoxy groups -OCH3 is 2. The predicted octanol–water partition coefficient (Wildman–Crippen LogP) is 5.06. The van der Waals surface area contributed by atoms with Crippen molar-refractivity contribution in [1.29, 1.82) is 0 Å². The van der Waals surface area contributed by atoms with E-state index in [1.165, 1.54) is 7.11 Å². The number of aliphatic imine (C=N–C) groups is 1. The molecule has 0 saturated carbocycles. The molecule has 0 aliphatic rings. The Morgan fingerprint density at radius 1 is 1.23 bits per heavy atom. The van der Waals surface area contributed by atoms with Crippen LogP contribution in [0, 0.1) is 0 Å². The van der Waals surface area contributed by atoms with Crippen LogP contribution in [0.2, 0.25) is 5.02 Å². The minimum atomic E-state index is -0.381. The first-order chi connectivity index (χ1) is 12.5. The molecule has 0 N–H and O–H groups in total. The number of ether oxygens (including phenoxy) is 3. The van der Waals surface area contributed by atoms with Crippen molar-refractivity contribution >= 4 is 29.5 Å². The van der Waals surface area contributed by atoms with E-state index in [4.69, 9.17) is 21.1 Å². The Morgan fingerprint density at radius 3 is 2.50 bits per heavy atom. The maximum absolute atomic E-state index is 11.4. The molecule has 2 aromatic carbocycles. The molecule has 0 radical (unpaired) electrons. The molecule has 2 aromatic rings. The van der Waals surface area contributed by atoms with Crippen LogP contribution >= 0.6 is 11.6 Å². The summed E-state index contributed by atoms with van der Waals surface area (Å²) in [5.41, 5.74) is 1.95. The molecule has 6 heteroatoms. The fourth-order valence-corrected chi connectivity index (χ4v) is 2.43. The van der Waals surface area contributed by atoms with Crippen molar-refractivity contribution in [2.75, 3.05) is 14.2 Å². The lowest BCUT2D eigenvalue weighted by molar-refractivity contribution is 0.0601. The van der Waals surface area contributed by atoms with Gasteiger partial charge < -0.3 is 14.2 Å². The summed E-state index contributed by atoms with van der Waals surface area (Å²) in [5, 5.41) is 0.465. The Balaban J connectivity index is 2.22. The van der Waals surface area contributed by atoms with E-state index < -0.39 is 0 Å². The molecule has 0 aromatic heterocycles. The van der Waals surface area contributed by atoms with Gasteiger partial charge in [0.2, 0.25) is 0 Å². The van der Waals surface area contributed by atoms with Gasteiger partial charge in [0.05, 0.1) is 36.6 Å².